The van der Waals surface area contributed by atoms with Crippen LogP contribution in [0.25, 0.3) is 11.2 Å². The Morgan fingerprint density at radius 1 is 1.12 bits per heavy atom. The topological polar surface area (TPSA) is 106 Å². The predicted molar refractivity (Wildman–Crippen MR) is 125 cm³/mol. The summed E-state index contributed by atoms with van der Waals surface area (Å²) in [5, 5.41) is 4.28. The number of anilines is 1. The fraction of sp³-hybridized carbons (Fsp3) is 0.217. The SMILES string of the molecule is CCOc1ccc(/C=N\Nc2nc3c(c(=O)[nH]c(=O)n3C)n2Cc2ccc(C)cc2)cc1. The molecule has 0 atom stereocenters. The van der Waals surface area contributed by atoms with E-state index in [9.17, 15) is 9.59 Å². The van der Waals surface area contributed by atoms with Crippen molar-refractivity contribution in [3.8, 4) is 5.75 Å². The molecule has 0 saturated carbocycles. The molecule has 2 heterocycles. The number of hydrogen-bond donors (Lipinski definition) is 2. The van der Waals surface area contributed by atoms with Gasteiger partial charge in [-0.3, -0.25) is 18.9 Å². The molecule has 4 aromatic rings. The van der Waals surface area contributed by atoms with Crippen LogP contribution in [0.1, 0.15) is 23.6 Å². The third kappa shape index (κ3) is 4.31. The summed E-state index contributed by atoms with van der Waals surface area (Å²) in [4.78, 5) is 31.5. The number of H-pyrrole nitrogens is 1. The molecule has 0 aliphatic carbocycles. The smallest absolute Gasteiger partial charge is 0.329 e. The average Bonchev–Trinajstić information content (AvgIpc) is 3.14. The van der Waals surface area contributed by atoms with Gasteiger partial charge < -0.3 is 4.74 Å². The molecule has 0 radical (unpaired) electrons. The number of hydrazone groups is 1. The molecular weight excluding hydrogens is 408 g/mol. The third-order valence-electron chi connectivity index (χ3n) is 5.04. The Morgan fingerprint density at radius 3 is 2.53 bits per heavy atom. The van der Waals surface area contributed by atoms with Gasteiger partial charge in [-0.05, 0) is 49.2 Å². The Labute approximate surface area is 184 Å². The van der Waals surface area contributed by atoms with E-state index in [-0.39, 0.29) is 5.65 Å². The van der Waals surface area contributed by atoms with Crippen LogP contribution in [-0.2, 0) is 13.6 Å². The van der Waals surface area contributed by atoms with Gasteiger partial charge in [0.15, 0.2) is 11.2 Å². The maximum absolute atomic E-state index is 12.6. The van der Waals surface area contributed by atoms with E-state index in [1.54, 1.807) is 17.8 Å². The van der Waals surface area contributed by atoms with Crippen molar-refractivity contribution in [2.75, 3.05) is 12.0 Å². The first-order chi connectivity index (χ1) is 15.5. The number of ether oxygens (including phenoxy) is 1. The monoisotopic (exact) mass is 432 g/mol. The normalized spacial score (nSPS) is 11.3. The highest BCUT2D eigenvalue weighted by atomic mass is 16.5. The van der Waals surface area contributed by atoms with Crippen molar-refractivity contribution in [3.05, 3.63) is 86.1 Å². The van der Waals surface area contributed by atoms with Crippen LogP contribution in [0.15, 0.2) is 63.2 Å². The van der Waals surface area contributed by atoms with E-state index in [4.69, 9.17) is 4.74 Å². The number of benzene rings is 2. The number of nitrogens with zero attached hydrogens (tertiary/aromatic N) is 4. The van der Waals surface area contributed by atoms with Crippen LogP contribution in [0.5, 0.6) is 5.75 Å². The molecule has 9 heteroatoms. The molecule has 0 unspecified atom stereocenters. The largest absolute Gasteiger partial charge is 0.494 e. The molecule has 0 aliphatic rings. The van der Waals surface area contributed by atoms with Crippen LogP contribution in [0.2, 0.25) is 0 Å². The summed E-state index contributed by atoms with van der Waals surface area (Å²) in [6, 6.07) is 15.5. The summed E-state index contributed by atoms with van der Waals surface area (Å²) in [6.45, 7) is 4.94. The van der Waals surface area contributed by atoms with Crippen molar-refractivity contribution in [3.63, 3.8) is 0 Å². The zero-order valence-electron chi connectivity index (χ0n) is 18.1. The molecule has 0 amide bonds. The summed E-state index contributed by atoms with van der Waals surface area (Å²) in [6.07, 6.45) is 1.65. The number of aryl methyl sites for hydroxylation is 2. The van der Waals surface area contributed by atoms with Gasteiger partial charge in [-0.25, -0.2) is 10.2 Å². The fourth-order valence-electron chi connectivity index (χ4n) is 3.33. The van der Waals surface area contributed by atoms with Crippen LogP contribution in [0.3, 0.4) is 0 Å². The van der Waals surface area contributed by atoms with E-state index >= 15 is 0 Å². The van der Waals surface area contributed by atoms with Gasteiger partial charge in [0.2, 0.25) is 5.95 Å². The summed E-state index contributed by atoms with van der Waals surface area (Å²) < 4.78 is 8.47. The Kier molecular flexibility index (Phi) is 5.89. The van der Waals surface area contributed by atoms with Gasteiger partial charge in [0.1, 0.15) is 5.75 Å². The molecule has 0 bridgehead atoms. The minimum Gasteiger partial charge on any atom is -0.494 e. The molecule has 9 nitrogen and oxygen atoms in total. The second-order valence-corrected chi connectivity index (χ2v) is 7.37. The van der Waals surface area contributed by atoms with Gasteiger partial charge in [0.25, 0.3) is 5.56 Å². The second-order valence-electron chi connectivity index (χ2n) is 7.37. The highest BCUT2D eigenvalue weighted by molar-refractivity contribution is 5.80. The quantitative estimate of drug-likeness (QED) is 0.345. The Balaban J connectivity index is 1.70. The van der Waals surface area contributed by atoms with E-state index in [1.807, 2.05) is 62.4 Å². The Hall–Kier alpha value is -4.14. The summed E-state index contributed by atoms with van der Waals surface area (Å²) >= 11 is 0. The average molecular weight is 432 g/mol. The van der Waals surface area contributed by atoms with Crippen molar-refractivity contribution in [2.45, 2.75) is 20.4 Å². The highest BCUT2D eigenvalue weighted by Gasteiger charge is 2.17. The molecule has 0 fully saturated rings. The number of imidazole rings is 1. The number of nitrogens with one attached hydrogen (secondary N) is 2. The molecule has 0 saturated heterocycles. The van der Waals surface area contributed by atoms with E-state index in [1.165, 1.54) is 4.57 Å². The van der Waals surface area contributed by atoms with E-state index in [2.05, 4.69) is 20.5 Å². The van der Waals surface area contributed by atoms with Gasteiger partial charge in [-0.2, -0.15) is 10.1 Å². The number of fused-ring (bicyclic) bond motifs is 1. The van der Waals surface area contributed by atoms with Crippen LogP contribution in [0.4, 0.5) is 5.95 Å². The van der Waals surface area contributed by atoms with Crippen molar-refractivity contribution >= 4 is 23.3 Å². The molecule has 0 aliphatic heterocycles. The Bertz CT molecular complexity index is 1380. The number of rotatable bonds is 7. The lowest BCUT2D eigenvalue weighted by Gasteiger charge is -2.09. The van der Waals surface area contributed by atoms with Gasteiger partial charge >= 0.3 is 5.69 Å². The molecule has 4 rings (SSSR count). The number of aromatic nitrogens is 4. The lowest BCUT2D eigenvalue weighted by atomic mass is 10.1. The predicted octanol–water partition coefficient (Wildman–Crippen LogP) is 2.62. The van der Waals surface area contributed by atoms with Crippen molar-refractivity contribution in [1.82, 2.24) is 19.1 Å². The zero-order chi connectivity index (χ0) is 22.7. The molecule has 2 aromatic heterocycles. The Morgan fingerprint density at radius 2 is 1.84 bits per heavy atom. The summed E-state index contributed by atoms with van der Waals surface area (Å²) in [5.41, 5.74) is 5.48. The maximum atomic E-state index is 12.6. The van der Waals surface area contributed by atoms with Crippen LogP contribution >= 0.6 is 0 Å². The fourth-order valence-corrected chi connectivity index (χ4v) is 3.33. The lowest BCUT2D eigenvalue weighted by molar-refractivity contribution is 0.340. The first kappa shape index (κ1) is 21.1. The summed E-state index contributed by atoms with van der Waals surface area (Å²) in [5.74, 6) is 1.15. The first-order valence-corrected chi connectivity index (χ1v) is 10.2. The number of hydrogen-bond acceptors (Lipinski definition) is 6. The molecule has 32 heavy (non-hydrogen) atoms. The van der Waals surface area contributed by atoms with Gasteiger partial charge in [0.05, 0.1) is 19.4 Å². The van der Waals surface area contributed by atoms with E-state index < -0.39 is 11.2 Å². The van der Waals surface area contributed by atoms with Crippen LogP contribution < -0.4 is 21.4 Å². The minimum absolute atomic E-state index is 0.282. The molecule has 164 valence electrons. The molecule has 2 aromatic carbocycles. The van der Waals surface area contributed by atoms with Crippen LogP contribution in [-0.4, -0.2) is 31.9 Å². The third-order valence-corrected chi connectivity index (χ3v) is 5.04. The van der Waals surface area contributed by atoms with Gasteiger partial charge in [-0.15, -0.1) is 0 Å². The standard InChI is InChI=1S/C23H24N6O3/c1-4-32-18-11-9-16(10-12-18)13-24-27-22-25-20-19(21(30)26-23(31)28(20)3)29(22)14-17-7-5-15(2)6-8-17/h5-13H,4,14H2,1-3H3,(H,25,27)(H,26,30,31)/b24-13-. The second kappa shape index (κ2) is 8.93. The number of aromatic amines is 1. The van der Waals surface area contributed by atoms with E-state index in [0.29, 0.717) is 24.6 Å². The zero-order valence-corrected chi connectivity index (χ0v) is 18.1. The summed E-state index contributed by atoms with van der Waals surface area (Å²) in [7, 11) is 1.57. The van der Waals surface area contributed by atoms with Gasteiger partial charge in [0, 0.05) is 7.05 Å². The van der Waals surface area contributed by atoms with E-state index in [0.717, 1.165) is 22.4 Å². The highest BCUT2D eigenvalue weighted by Crippen LogP contribution is 2.18. The van der Waals surface area contributed by atoms with Crippen molar-refractivity contribution in [2.24, 2.45) is 12.1 Å². The maximum Gasteiger partial charge on any atom is 0.329 e. The van der Waals surface area contributed by atoms with Crippen LogP contribution in [0, 0.1) is 6.92 Å². The lowest BCUT2D eigenvalue weighted by Crippen LogP contribution is -2.29. The first-order valence-electron chi connectivity index (χ1n) is 10.2. The molecule has 0 spiro atoms. The van der Waals surface area contributed by atoms with Gasteiger partial charge in [-0.1, -0.05) is 29.8 Å². The van der Waals surface area contributed by atoms with Crippen molar-refractivity contribution < 1.29 is 4.74 Å². The van der Waals surface area contributed by atoms with Crippen molar-refractivity contribution in [1.29, 1.82) is 0 Å². The molecular formula is C23H24N6O3. The minimum atomic E-state index is -0.521. The molecule has 2 N–H and O–H groups in total.